The molecule has 1 aromatic heterocycles. The third kappa shape index (κ3) is 1.97. The predicted molar refractivity (Wildman–Crippen MR) is 65.7 cm³/mol. The maximum absolute atomic E-state index is 8.80. The SMILES string of the molecule is Cc1ccc(-n2cc(Br)c(C#N)n2)cc1Cl. The maximum Gasteiger partial charge on any atom is 0.177 e. The summed E-state index contributed by atoms with van der Waals surface area (Å²) in [5, 5.41) is 13.6. The van der Waals surface area contributed by atoms with Gasteiger partial charge in [0.2, 0.25) is 0 Å². The summed E-state index contributed by atoms with van der Waals surface area (Å²) >= 11 is 9.30. The lowest BCUT2D eigenvalue weighted by molar-refractivity contribution is 0.872. The highest BCUT2D eigenvalue weighted by Crippen LogP contribution is 2.21. The molecule has 0 aliphatic rings. The Hall–Kier alpha value is -1.31. The van der Waals surface area contributed by atoms with Gasteiger partial charge in [-0.25, -0.2) is 4.68 Å². The van der Waals surface area contributed by atoms with Crippen LogP contribution in [0.25, 0.3) is 5.69 Å². The van der Waals surface area contributed by atoms with E-state index >= 15 is 0 Å². The number of nitrogens with zero attached hydrogens (tertiary/aromatic N) is 3. The number of nitriles is 1. The van der Waals surface area contributed by atoms with E-state index in [9.17, 15) is 0 Å². The number of halogens is 2. The number of aromatic nitrogens is 2. The van der Waals surface area contributed by atoms with Gasteiger partial charge in [0.15, 0.2) is 5.69 Å². The first kappa shape index (κ1) is 11.2. The molecule has 0 spiro atoms. The molecule has 0 amide bonds. The van der Waals surface area contributed by atoms with Crippen LogP contribution in [0.2, 0.25) is 5.02 Å². The van der Waals surface area contributed by atoms with Crippen LogP contribution in [-0.4, -0.2) is 9.78 Å². The molecule has 0 saturated heterocycles. The Morgan fingerprint density at radius 1 is 1.50 bits per heavy atom. The van der Waals surface area contributed by atoms with Crippen LogP contribution < -0.4 is 0 Å². The van der Waals surface area contributed by atoms with Crippen LogP contribution in [0.15, 0.2) is 28.9 Å². The van der Waals surface area contributed by atoms with Crippen LogP contribution in [0.5, 0.6) is 0 Å². The minimum Gasteiger partial charge on any atom is -0.238 e. The first-order chi connectivity index (χ1) is 7.61. The third-order valence-electron chi connectivity index (χ3n) is 2.20. The van der Waals surface area contributed by atoms with Gasteiger partial charge >= 0.3 is 0 Å². The number of rotatable bonds is 1. The van der Waals surface area contributed by atoms with Crippen molar-refractivity contribution in [3.05, 3.63) is 45.1 Å². The average Bonchev–Trinajstić information content (AvgIpc) is 2.64. The summed E-state index contributed by atoms with van der Waals surface area (Å²) in [7, 11) is 0. The summed E-state index contributed by atoms with van der Waals surface area (Å²) in [6, 6.07) is 7.64. The summed E-state index contributed by atoms with van der Waals surface area (Å²) in [4.78, 5) is 0. The van der Waals surface area contributed by atoms with Gasteiger partial charge in [-0.3, -0.25) is 0 Å². The van der Waals surface area contributed by atoms with E-state index in [0.29, 0.717) is 15.2 Å². The smallest absolute Gasteiger partial charge is 0.177 e. The van der Waals surface area contributed by atoms with Crippen molar-refractivity contribution >= 4 is 27.5 Å². The highest BCUT2D eigenvalue weighted by Gasteiger charge is 2.07. The van der Waals surface area contributed by atoms with E-state index < -0.39 is 0 Å². The second kappa shape index (κ2) is 4.28. The Bertz CT molecular complexity index is 583. The molecule has 0 N–H and O–H groups in total. The molecule has 1 aromatic carbocycles. The van der Waals surface area contributed by atoms with Gasteiger partial charge in [-0.1, -0.05) is 17.7 Å². The quantitative estimate of drug-likeness (QED) is 0.808. The molecule has 0 radical (unpaired) electrons. The van der Waals surface area contributed by atoms with Gasteiger partial charge in [0, 0.05) is 11.2 Å². The Morgan fingerprint density at radius 2 is 2.25 bits per heavy atom. The molecule has 2 rings (SSSR count). The van der Waals surface area contributed by atoms with Crippen molar-refractivity contribution in [2.75, 3.05) is 0 Å². The maximum atomic E-state index is 8.80. The Labute approximate surface area is 106 Å². The first-order valence-electron chi connectivity index (χ1n) is 4.53. The van der Waals surface area contributed by atoms with Crippen molar-refractivity contribution in [1.29, 1.82) is 5.26 Å². The predicted octanol–water partition coefficient (Wildman–Crippen LogP) is 3.47. The standard InChI is InChI=1S/C11H7BrClN3/c1-7-2-3-8(4-10(7)13)16-6-9(12)11(5-14)15-16/h2-4,6H,1H3. The van der Waals surface area contributed by atoms with Crippen LogP contribution in [0, 0.1) is 18.3 Å². The fraction of sp³-hybridized carbons (Fsp3) is 0.0909. The van der Waals surface area contributed by atoms with Gasteiger partial charge in [0.25, 0.3) is 0 Å². The largest absolute Gasteiger partial charge is 0.238 e. The molecule has 0 atom stereocenters. The molecule has 80 valence electrons. The molecule has 0 bridgehead atoms. The Kier molecular flexibility index (Phi) is 2.99. The van der Waals surface area contributed by atoms with Gasteiger partial charge in [0.1, 0.15) is 6.07 Å². The lowest BCUT2D eigenvalue weighted by Gasteiger charge is -2.03. The molecular formula is C11H7BrClN3. The van der Waals surface area contributed by atoms with Crippen LogP contribution >= 0.6 is 27.5 Å². The van der Waals surface area contributed by atoms with Crippen LogP contribution in [0.1, 0.15) is 11.3 Å². The second-order valence-corrected chi connectivity index (χ2v) is 4.58. The molecule has 0 unspecified atom stereocenters. The average molecular weight is 297 g/mol. The third-order valence-corrected chi connectivity index (χ3v) is 3.18. The zero-order valence-corrected chi connectivity index (χ0v) is 10.7. The van der Waals surface area contributed by atoms with Crippen molar-refractivity contribution in [2.45, 2.75) is 6.92 Å². The zero-order chi connectivity index (χ0) is 11.7. The van der Waals surface area contributed by atoms with Crippen molar-refractivity contribution in [1.82, 2.24) is 9.78 Å². The van der Waals surface area contributed by atoms with Crippen LogP contribution in [-0.2, 0) is 0 Å². The van der Waals surface area contributed by atoms with E-state index in [-0.39, 0.29) is 0 Å². The van der Waals surface area contributed by atoms with E-state index in [2.05, 4.69) is 21.0 Å². The number of benzene rings is 1. The van der Waals surface area contributed by atoms with E-state index in [4.69, 9.17) is 16.9 Å². The summed E-state index contributed by atoms with van der Waals surface area (Å²) in [5.41, 5.74) is 2.20. The second-order valence-electron chi connectivity index (χ2n) is 3.32. The monoisotopic (exact) mass is 295 g/mol. The highest BCUT2D eigenvalue weighted by atomic mass is 79.9. The first-order valence-corrected chi connectivity index (χ1v) is 5.70. The molecule has 0 aliphatic heterocycles. The van der Waals surface area contributed by atoms with Crippen molar-refractivity contribution < 1.29 is 0 Å². The van der Waals surface area contributed by atoms with Crippen LogP contribution in [0.4, 0.5) is 0 Å². The molecule has 5 heteroatoms. The molecule has 0 saturated carbocycles. The van der Waals surface area contributed by atoms with E-state index in [1.165, 1.54) is 0 Å². The minimum atomic E-state index is 0.358. The number of hydrogen-bond acceptors (Lipinski definition) is 2. The van der Waals surface area contributed by atoms with Crippen molar-refractivity contribution in [2.24, 2.45) is 0 Å². The van der Waals surface area contributed by atoms with Crippen molar-refractivity contribution in [3.8, 4) is 11.8 Å². The molecule has 0 fully saturated rings. The fourth-order valence-electron chi connectivity index (χ4n) is 1.29. The molecule has 3 nitrogen and oxygen atoms in total. The van der Waals surface area contributed by atoms with Gasteiger partial charge < -0.3 is 0 Å². The van der Waals surface area contributed by atoms with Crippen molar-refractivity contribution in [3.63, 3.8) is 0 Å². The Morgan fingerprint density at radius 3 is 2.81 bits per heavy atom. The molecular weight excluding hydrogens is 289 g/mol. The summed E-state index contributed by atoms with van der Waals surface area (Å²) in [6.07, 6.45) is 1.74. The normalized spacial score (nSPS) is 10.1. The molecule has 1 heterocycles. The van der Waals surface area contributed by atoms with E-state index in [1.807, 2.05) is 31.2 Å². The van der Waals surface area contributed by atoms with Gasteiger partial charge in [-0.15, -0.1) is 0 Å². The fourth-order valence-corrected chi connectivity index (χ4v) is 1.82. The topological polar surface area (TPSA) is 41.6 Å². The molecule has 2 aromatic rings. The summed E-state index contributed by atoms with van der Waals surface area (Å²) < 4.78 is 2.29. The van der Waals surface area contributed by atoms with Gasteiger partial charge in [-0.05, 0) is 40.5 Å². The molecule has 16 heavy (non-hydrogen) atoms. The van der Waals surface area contributed by atoms with Crippen LogP contribution in [0.3, 0.4) is 0 Å². The number of aryl methyl sites for hydroxylation is 1. The van der Waals surface area contributed by atoms with E-state index in [1.54, 1.807) is 10.9 Å². The minimum absolute atomic E-state index is 0.358. The zero-order valence-electron chi connectivity index (χ0n) is 8.41. The lowest BCUT2D eigenvalue weighted by atomic mass is 10.2. The van der Waals surface area contributed by atoms with E-state index in [0.717, 1.165) is 11.3 Å². The van der Waals surface area contributed by atoms with Gasteiger partial charge in [0.05, 0.1) is 10.2 Å². The number of hydrogen-bond donors (Lipinski definition) is 0. The summed E-state index contributed by atoms with van der Waals surface area (Å²) in [5.74, 6) is 0. The Balaban J connectivity index is 2.51. The molecule has 0 aliphatic carbocycles. The van der Waals surface area contributed by atoms with Gasteiger partial charge in [-0.2, -0.15) is 10.4 Å². The highest BCUT2D eigenvalue weighted by molar-refractivity contribution is 9.10. The summed E-state index contributed by atoms with van der Waals surface area (Å²) in [6.45, 7) is 1.94. The lowest BCUT2D eigenvalue weighted by Crippen LogP contribution is -1.95.